The maximum Gasteiger partial charge on any atom is 0.357 e. The number of aryl methyl sites for hydroxylation is 2. The Morgan fingerprint density at radius 3 is 2.73 bits per heavy atom. The summed E-state index contributed by atoms with van der Waals surface area (Å²) in [6, 6.07) is 6.17. The lowest BCUT2D eigenvalue weighted by Gasteiger charge is -2.09. The number of carbonyl (C=O) groups excluding carboxylic acids is 1. The van der Waals surface area contributed by atoms with E-state index >= 15 is 0 Å². The van der Waals surface area contributed by atoms with Crippen LogP contribution in [0.4, 0.5) is 4.39 Å². The number of esters is 1. The number of carbonyl (C=O) groups is 1. The minimum Gasteiger partial charge on any atom is -0.461 e. The summed E-state index contributed by atoms with van der Waals surface area (Å²) >= 11 is 6.25. The van der Waals surface area contributed by atoms with Gasteiger partial charge in [-0.05, 0) is 38.5 Å². The van der Waals surface area contributed by atoms with E-state index in [0.717, 1.165) is 12.1 Å². The summed E-state index contributed by atoms with van der Waals surface area (Å²) in [6.07, 6.45) is 1.55. The third-order valence-electron chi connectivity index (χ3n) is 4.04. The van der Waals surface area contributed by atoms with Gasteiger partial charge in [-0.15, -0.1) is 0 Å². The average molecular weight is 376 g/mol. The van der Waals surface area contributed by atoms with Gasteiger partial charge in [0.25, 0.3) is 0 Å². The average Bonchev–Trinajstić information content (AvgIpc) is 2.92. The fourth-order valence-electron chi connectivity index (χ4n) is 2.96. The number of halogens is 2. The summed E-state index contributed by atoms with van der Waals surface area (Å²) in [5.41, 5.74) is 2.68. The van der Waals surface area contributed by atoms with E-state index in [1.54, 1.807) is 36.6 Å². The van der Waals surface area contributed by atoms with Crippen LogP contribution in [-0.4, -0.2) is 27.2 Å². The van der Waals surface area contributed by atoms with Crippen LogP contribution in [-0.2, 0) is 11.2 Å². The Hall–Kier alpha value is -2.47. The van der Waals surface area contributed by atoms with Crippen LogP contribution >= 0.6 is 11.6 Å². The molecule has 0 radical (unpaired) electrons. The first kappa shape index (κ1) is 18.3. The van der Waals surface area contributed by atoms with Crippen LogP contribution in [0, 0.1) is 12.7 Å². The topological polar surface area (TPSA) is 56.5 Å². The van der Waals surface area contributed by atoms with Gasteiger partial charge < -0.3 is 4.74 Å². The van der Waals surface area contributed by atoms with Crippen LogP contribution < -0.4 is 0 Å². The van der Waals surface area contributed by atoms with Crippen LogP contribution in [0.3, 0.4) is 0 Å². The molecule has 7 heteroatoms. The van der Waals surface area contributed by atoms with Crippen molar-refractivity contribution in [1.82, 2.24) is 14.6 Å². The van der Waals surface area contributed by atoms with Crippen molar-refractivity contribution in [1.29, 1.82) is 0 Å². The minimum absolute atomic E-state index is 0.177. The number of hydrogen-bond acceptors (Lipinski definition) is 4. The summed E-state index contributed by atoms with van der Waals surface area (Å²) in [7, 11) is 0. The Kier molecular flexibility index (Phi) is 5.23. The van der Waals surface area contributed by atoms with Gasteiger partial charge in [-0.1, -0.05) is 31.0 Å². The number of benzene rings is 1. The highest BCUT2D eigenvalue weighted by atomic mass is 35.5. The number of fused-ring (bicyclic) bond motifs is 1. The molecule has 0 atom stereocenters. The number of ether oxygens (including phenoxy) is 1. The molecule has 2 heterocycles. The van der Waals surface area contributed by atoms with Gasteiger partial charge >= 0.3 is 5.97 Å². The van der Waals surface area contributed by atoms with Crippen molar-refractivity contribution in [2.24, 2.45) is 0 Å². The monoisotopic (exact) mass is 375 g/mol. The smallest absolute Gasteiger partial charge is 0.357 e. The highest BCUT2D eigenvalue weighted by molar-refractivity contribution is 6.33. The molecule has 0 saturated heterocycles. The molecular formula is C19H19ClFN3O2. The zero-order valence-electron chi connectivity index (χ0n) is 14.8. The Balaban J connectivity index is 2.34. The zero-order chi connectivity index (χ0) is 18.8. The number of hydrogen-bond donors (Lipinski definition) is 0. The second-order valence-electron chi connectivity index (χ2n) is 5.90. The zero-order valence-corrected chi connectivity index (χ0v) is 15.6. The van der Waals surface area contributed by atoms with E-state index in [2.05, 4.69) is 10.1 Å². The molecule has 0 aliphatic carbocycles. The Bertz CT molecular complexity index is 964. The van der Waals surface area contributed by atoms with Gasteiger partial charge in [0.05, 0.1) is 22.9 Å². The van der Waals surface area contributed by atoms with E-state index in [-0.39, 0.29) is 22.9 Å². The van der Waals surface area contributed by atoms with Crippen molar-refractivity contribution < 1.29 is 13.9 Å². The second kappa shape index (κ2) is 7.41. The number of nitrogens with zero attached hydrogens (tertiary/aromatic N) is 3. The molecule has 3 rings (SSSR count). The molecular weight excluding hydrogens is 357 g/mol. The third kappa shape index (κ3) is 3.17. The van der Waals surface area contributed by atoms with E-state index in [0.29, 0.717) is 23.3 Å². The Morgan fingerprint density at radius 2 is 2.08 bits per heavy atom. The molecule has 0 saturated carbocycles. The summed E-state index contributed by atoms with van der Waals surface area (Å²) in [6.45, 7) is 5.78. The van der Waals surface area contributed by atoms with Gasteiger partial charge in [0.1, 0.15) is 5.82 Å². The van der Waals surface area contributed by atoms with E-state index in [1.165, 1.54) is 6.07 Å². The van der Waals surface area contributed by atoms with Crippen LogP contribution in [0.2, 0.25) is 5.02 Å². The van der Waals surface area contributed by atoms with Crippen molar-refractivity contribution in [2.45, 2.75) is 33.6 Å². The second-order valence-corrected chi connectivity index (χ2v) is 6.30. The summed E-state index contributed by atoms with van der Waals surface area (Å²) in [4.78, 5) is 16.6. The van der Waals surface area contributed by atoms with Crippen molar-refractivity contribution in [3.8, 4) is 11.1 Å². The summed E-state index contributed by atoms with van der Waals surface area (Å²) < 4.78 is 21.2. The lowest BCUT2D eigenvalue weighted by molar-refractivity contribution is 0.0519. The van der Waals surface area contributed by atoms with Crippen molar-refractivity contribution in [3.63, 3.8) is 0 Å². The largest absolute Gasteiger partial charge is 0.461 e. The van der Waals surface area contributed by atoms with Gasteiger partial charge in [0, 0.05) is 11.3 Å². The molecule has 26 heavy (non-hydrogen) atoms. The Labute approximate surface area is 155 Å². The predicted octanol–water partition coefficient (Wildman–Crippen LogP) is 4.63. The SMILES string of the molecule is CCCc1cc(C(=O)OCC)nc2c(-c3c(F)cccc3Cl)c(C)nn12. The first-order valence-corrected chi connectivity index (χ1v) is 8.86. The molecule has 1 aromatic carbocycles. The first-order valence-electron chi connectivity index (χ1n) is 8.48. The third-order valence-corrected chi connectivity index (χ3v) is 4.36. The highest BCUT2D eigenvalue weighted by Crippen LogP contribution is 2.35. The molecule has 2 aromatic heterocycles. The number of rotatable bonds is 5. The fraction of sp³-hybridized carbons (Fsp3) is 0.316. The van der Waals surface area contributed by atoms with Crippen molar-refractivity contribution >= 4 is 23.2 Å². The molecule has 0 fully saturated rings. The van der Waals surface area contributed by atoms with Gasteiger partial charge in [-0.3, -0.25) is 0 Å². The quantitative estimate of drug-likeness (QED) is 0.610. The predicted molar refractivity (Wildman–Crippen MR) is 98.1 cm³/mol. The molecule has 0 spiro atoms. The van der Waals surface area contributed by atoms with Gasteiger partial charge in [-0.25, -0.2) is 18.7 Å². The van der Waals surface area contributed by atoms with Crippen LogP contribution in [0.1, 0.15) is 42.1 Å². The van der Waals surface area contributed by atoms with Gasteiger partial charge in [-0.2, -0.15) is 5.10 Å². The van der Waals surface area contributed by atoms with Gasteiger partial charge in [0.2, 0.25) is 0 Å². The van der Waals surface area contributed by atoms with E-state index in [1.807, 2.05) is 6.92 Å². The lowest BCUT2D eigenvalue weighted by Crippen LogP contribution is -2.11. The maximum absolute atomic E-state index is 14.5. The first-order chi connectivity index (χ1) is 12.5. The van der Waals surface area contributed by atoms with E-state index < -0.39 is 11.8 Å². The molecule has 0 unspecified atom stereocenters. The number of aromatic nitrogens is 3. The highest BCUT2D eigenvalue weighted by Gasteiger charge is 2.22. The lowest BCUT2D eigenvalue weighted by atomic mass is 10.1. The van der Waals surface area contributed by atoms with Crippen LogP contribution in [0.5, 0.6) is 0 Å². The minimum atomic E-state index is -0.517. The molecule has 0 bridgehead atoms. The molecule has 136 valence electrons. The Morgan fingerprint density at radius 1 is 1.31 bits per heavy atom. The molecule has 0 amide bonds. The molecule has 5 nitrogen and oxygen atoms in total. The summed E-state index contributed by atoms with van der Waals surface area (Å²) in [5, 5.41) is 4.78. The van der Waals surface area contributed by atoms with E-state index in [4.69, 9.17) is 16.3 Å². The standard InChI is InChI=1S/C19H19ClFN3O2/c1-4-7-12-10-15(19(25)26-5-2)22-18-16(11(3)23-24(12)18)17-13(20)8-6-9-14(17)21/h6,8-10H,4-5,7H2,1-3H3. The van der Waals surface area contributed by atoms with Crippen molar-refractivity contribution in [2.75, 3.05) is 6.61 Å². The van der Waals surface area contributed by atoms with Gasteiger partial charge in [0.15, 0.2) is 11.3 Å². The van der Waals surface area contributed by atoms with Crippen LogP contribution in [0.15, 0.2) is 24.3 Å². The molecule has 0 aliphatic heterocycles. The van der Waals surface area contributed by atoms with Crippen LogP contribution in [0.25, 0.3) is 16.8 Å². The fourth-order valence-corrected chi connectivity index (χ4v) is 3.21. The summed E-state index contributed by atoms with van der Waals surface area (Å²) in [5.74, 6) is -0.979. The maximum atomic E-state index is 14.5. The van der Waals surface area contributed by atoms with Crippen molar-refractivity contribution in [3.05, 3.63) is 52.2 Å². The van der Waals surface area contributed by atoms with E-state index in [9.17, 15) is 9.18 Å². The molecule has 0 N–H and O–H groups in total. The molecule has 3 aromatic rings. The molecule has 0 aliphatic rings. The normalized spacial score (nSPS) is 11.1.